The molecule has 1 atom stereocenters. The molecule has 0 aromatic heterocycles. The predicted octanol–water partition coefficient (Wildman–Crippen LogP) is 0.0309. The van der Waals surface area contributed by atoms with Gasteiger partial charge in [0, 0.05) is 12.6 Å². The van der Waals surface area contributed by atoms with Gasteiger partial charge in [-0.05, 0) is 32.1 Å². The molecule has 4 heteroatoms. The summed E-state index contributed by atoms with van der Waals surface area (Å²) in [5.41, 5.74) is 0.130. The quantitative estimate of drug-likeness (QED) is 0.619. The predicted molar refractivity (Wildman–Crippen MR) is 56.7 cm³/mol. The highest BCUT2D eigenvalue weighted by molar-refractivity contribution is 4.96. The zero-order valence-corrected chi connectivity index (χ0v) is 9.11. The molecule has 2 rings (SSSR count). The first-order valence-corrected chi connectivity index (χ1v) is 5.90. The summed E-state index contributed by atoms with van der Waals surface area (Å²) >= 11 is 0. The number of nitrogens with one attached hydrogen (secondary N) is 1. The van der Waals surface area contributed by atoms with Gasteiger partial charge in [0.25, 0.3) is 0 Å². The number of aliphatic hydroxyl groups is 2. The fourth-order valence-corrected chi connectivity index (χ4v) is 2.59. The molecule has 0 radical (unpaired) electrons. The Morgan fingerprint density at radius 2 is 2.07 bits per heavy atom. The molecular formula is C11H21NO3. The molecule has 0 aromatic carbocycles. The van der Waals surface area contributed by atoms with Crippen molar-refractivity contribution in [2.45, 2.75) is 49.8 Å². The SMILES string of the molecule is OCC(CO)NC1CCOC2(CCC2)C1. The van der Waals surface area contributed by atoms with Crippen LogP contribution in [0.5, 0.6) is 0 Å². The molecular weight excluding hydrogens is 194 g/mol. The summed E-state index contributed by atoms with van der Waals surface area (Å²) in [7, 11) is 0. The van der Waals surface area contributed by atoms with Gasteiger partial charge in [-0.25, -0.2) is 0 Å². The first-order valence-electron chi connectivity index (χ1n) is 5.90. The Kier molecular flexibility index (Phi) is 3.61. The van der Waals surface area contributed by atoms with Gasteiger partial charge in [0.1, 0.15) is 0 Å². The second-order valence-corrected chi connectivity index (χ2v) is 4.80. The lowest BCUT2D eigenvalue weighted by Crippen LogP contribution is -2.53. The standard InChI is InChI=1S/C11H21NO3/c13-7-10(8-14)12-9-2-5-15-11(6-9)3-1-4-11/h9-10,12-14H,1-8H2. The van der Waals surface area contributed by atoms with Gasteiger partial charge in [0.05, 0.1) is 24.9 Å². The van der Waals surface area contributed by atoms with Crippen molar-refractivity contribution >= 4 is 0 Å². The highest BCUT2D eigenvalue weighted by Gasteiger charge is 2.42. The van der Waals surface area contributed by atoms with Crippen LogP contribution in [-0.4, -0.2) is 47.7 Å². The minimum Gasteiger partial charge on any atom is -0.395 e. The van der Waals surface area contributed by atoms with Gasteiger partial charge in [-0.15, -0.1) is 0 Å². The average Bonchev–Trinajstić information content (AvgIpc) is 2.24. The molecule has 1 saturated heterocycles. The topological polar surface area (TPSA) is 61.7 Å². The number of ether oxygens (including phenoxy) is 1. The number of aliphatic hydroxyl groups excluding tert-OH is 2. The van der Waals surface area contributed by atoms with E-state index in [1.165, 1.54) is 19.3 Å². The summed E-state index contributed by atoms with van der Waals surface area (Å²) in [6, 6.07) is 0.216. The lowest BCUT2D eigenvalue weighted by Gasteiger charge is -2.47. The Morgan fingerprint density at radius 3 is 2.60 bits per heavy atom. The van der Waals surface area contributed by atoms with E-state index in [9.17, 15) is 0 Å². The van der Waals surface area contributed by atoms with Crippen LogP contribution in [0.4, 0.5) is 0 Å². The van der Waals surface area contributed by atoms with Gasteiger partial charge >= 0.3 is 0 Å². The first kappa shape index (κ1) is 11.3. The Bertz CT molecular complexity index is 202. The van der Waals surface area contributed by atoms with Gasteiger partial charge in [0.15, 0.2) is 0 Å². The Hall–Kier alpha value is -0.160. The van der Waals surface area contributed by atoms with Gasteiger partial charge in [-0.1, -0.05) is 0 Å². The van der Waals surface area contributed by atoms with Crippen molar-refractivity contribution in [3.05, 3.63) is 0 Å². The van der Waals surface area contributed by atoms with Crippen LogP contribution >= 0.6 is 0 Å². The largest absolute Gasteiger partial charge is 0.395 e. The van der Waals surface area contributed by atoms with E-state index in [1.54, 1.807) is 0 Å². The second kappa shape index (κ2) is 4.78. The highest BCUT2D eigenvalue weighted by atomic mass is 16.5. The second-order valence-electron chi connectivity index (χ2n) is 4.80. The molecule has 3 N–H and O–H groups in total. The van der Waals surface area contributed by atoms with E-state index >= 15 is 0 Å². The molecule has 88 valence electrons. The van der Waals surface area contributed by atoms with Crippen LogP contribution in [0.2, 0.25) is 0 Å². The summed E-state index contributed by atoms with van der Waals surface area (Å²) < 4.78 is 5.82. The average molecular weight is 215 g/mol. The van der Waals surface area contributed by atoms with E-state index in [1.807, 2.05) is 0 Å². The molecule has 1 heterocycles. The fourth-order valence-electron chi connectivity index (χ4n) is 2.59. The maximum Gasteiger partial charge on any atom is 0.0697 e. The normalized spacial score (nSPS) is 29.4. The van der Waals surface area contributed by atoms with Crippen LogP contribution in [0.1, 0.15) is 32.1 Å². The van der Waals surface area contributed by atoms with Crippen molar-refractivity contribution in [1.82, 2.24) is 5.32 Å². The van der Waals surface area contributed by atoms with Crippen molar-refractivity contribution in [1.29, 1.82) is 0 Å². The van der Waals surface area contributed by atoms with Gasteiger partial charge in [0.2, 0.25) is 0 Å². The van der Waals surface area contributed by atoms with Crippen molar-refractivity contribution in [3.8, 4) is 0 Å². The summed E-state index contributed by atoms with van der Waals surface area (Å²) in [4.78, 5) is 0. The van der Waals surface area contributed by atoms with Crippen LogP contribution in [0.25, 0.3) is 0 Å². The van der Waals surface area contributed by atoms with E-state index < -0.39 is 0 Å². The summed E-state index contributed by atoms with van der Waals surface area (Å²) in [5, 5.41) is 21.3. The minimum absolute atomic E-state index is 0.000850. The molecule has 1 saturated carbocycles. The van der Waals surface area contributed by atoms with Crippen LogP contribution in [0.15, 0.2) is 0 Å². The first-order chi connectivity index (χ1) is 7.28. The molecule has 15 heavy (non-hydrogen) atoms. The third kappa shape index (κ3) is 2.50. The van der Waals surface area contributed by atoms with Gasteiger partial charge in [-0.2, -0.15) is 0 Å². The third-order valence-electron chi connectivity index (χ3n) is 3.67. The van der Waals surface area contributed by atoms with Gasteiger partial charge < -0.3 is 20.3 Å². The third-order valence-corrected chi connectivity index (χ3v) is 3.67. The fraction of sp³-hybridized carbons (Fsp3) is 1.00. The molecule has 4 nitrogen and oxygen atoms in total. The minimum atomic E-state index is -0.176. The molecule has 1 spiro atoms. The molecule has 2 fully saturated rings. The molecule has 0 aromatic rings. The molecule has 1 unspecified atom stereocenters. The van der Waals surface area contributed by atoms with Crippen LogP contribution < -0.4 is 5.32 Å². The summed E-state index contributed by atoms with van der Waals surface area (Å²) in [6.45, 7) is 0.808. The van der Waals surface area contributed by atoms with Crippen LogP contribution in [0, 0.1) is 0 Å². The highest BCUT2D eigenvalue weighted by Crippen LogP contribution is 2.42. The number of rotatable bonds is 4. The molecule has 1 aliphatic carbocycles. The van der Waals surface area contributed by atoms with E-state index in [2.05, 4.69) is 5.32 Å². The van der Waals surface area contributed by atoms with E-state index in [0.717, 1.165) is 19.4 Å². The van der Waals surface area contributed by atoms with Crippen molar-refractivity contribution in [3.63, 3.8) is 0 Å². The van der Waals surface area contributed by atoms with Crippen molar-refractivity contribution < 1.29 is 14.9 Å². The summed E-state index contributed by atoms with van der Waals surface area (Å²) in [6.07, 6.45) is 5.64. The Morgan fingerprint density at radius 1 is 1.33 bits per heavy atom. The van der Waals surface area contributed by atoms with Crippen molar-refractivity contribution in [2.75, 3.05) is 19.8 Å². The molecule has 1 aliphatic heterocycles. The van der Waals surface area contributed by atoms with Crippen LogP contribution in [-0.2, 0) is 4.74 Å². The Balaban J connectivity index is 1.82. The molecule has 2 aliphatic rings. The zero-order valence-electron chi connectivity index (χ0n) is 9.11. The van der Waals surface area contributed by atoms with E-state index in [-0.39, 0.29) is 24.9 Å². The smallest absolute Gasteiger partial charge is 0.0697 e. The van der Waals surface area contributed by atoms with E-state index in [4.69, 9.17) is 14.9 Å². The molecule has 0 amide bonds. The number of hydrogen-bond acceptors (Lipinski definition) is 4. The maximum absolute atomic E-state index is 9.00. The summed E-state index contributed by atoms with van der Waals surface area (Å²) in [5.74, 6) is 0. The monoisotopic (exact) mass is 215 g/mol. The number of hydrogen-bond donors (Lipinski definition) is 3. The maximum atomic E-state index is 9.00. The van der Waals surface area contributed by atoms with Gasteiger partial charge in [-0.3, -0.25) is 0 Å². The zero-order chi connectivity index (χ0) is 10.7. The molecule has 0 bridgehead atoms. The van der Waals surface area contributed by atoms with Crippen LogP contribution in [0.3, 0.4) is 0 Å². The van der Waals surface area contributed by atoms with E-state index in [0.29, 0.717) is 6.04 Å². The lowest BCUT2D eigenvalue weighted by molar-refractivity contribution is -0.137. The Labute approximate surface area is 90.6 Å². The lowest BCUT2D eigenvalue weighted by atomic mass is 9.74. The van der Waals surface area contributed by atoms with Crippen molar-refractivity contribution in [2.24, 2.45) is 0 Å².